The number of aliphatic carboxylic acids is 1. The van der Waals surface area contributed by atoms with Crippen LogP contribution in [0.15, 0.2) is 18.2 Å². The molecule has 0 aliphatic heterocycles. The number of aromatic hydroxyl groups is 2. The number of nitrogens with one attached hydrogen (secondary N) is 1. The van der Waals surface area contributed by atoms with Gasteiger partial charge in [-0.05, 0) is 31.0 Å². The predicted octanol–water partition coefficient (Wildman–Crippen LogP) is 0.748. The summed E-state index contributed by atoms with van der Waals surface area (Å²) in [6.45, 7) is 6.48. The zero-order chi connectivity index (χ0) is 21.6. The molecule has 0 bridgehead atoms. The molecule has 0 heterocycles. The normalized spacial score (nSPS) is 11.4. The van der Waals surface area contributed by atoms with Gasteiger partial charge in [-0.15, -0.1) is 0 Å². The highest BCUT2D eigenvalue weighted by atomic mass is 16.4. The van der Waals surface area contributed by atoms with Crippen LogP contribution in [-0.4, -0.2) is 51.3 Å². The van der Waals surface area contributed by atoms with Gasteiger partial charge in [0.25, 0.3) is 0 Å². The number of rotatable bonds is 7. The van der Waals surface area contributed by atoms with Crippen molar-refractivity contribution in [3.05, 3.63) is 23.8 Å². The lowest BCUT2D eigenvalue weighted by atomic mass is 10.1. The summed E-state index contributed by atoms with van der Waals surface area (Å²) in [6, 6.07) is 2.70. The van der Waals surface area contributed by atoms with Gasteiger partial charge < -0.3 is 31.2 Å². The lowest BCUT2D eigenvalue weighted by Gasteiger charge is -2.10. The first-order valence-corrected chi connectivity index (χ1v) is 8.27. The van der Waals surface area contributed by atoms with Gasteiger partial charge >= 0.3 is 5.97 Å². The van der Waals surface area contributed by atoms with Gasteiger partial charge in [-0.1, -0.05) is 19.9 Å². The number of ketones is 1. The molecule has 0 saturated carbocycles. The average Bonchev–Trinajstić information content (AvgIpc) is 2.59. The SMILES string of the molecule is CC.CC(=O)C[C@H](NC(C)=O)C(=O)O.N[C@H](C=O)Cc1ccc(O)c(O)c1. The summed E-state index contributed by atoms with van der Waals surface area (Å²) in [4.78, 5) is 41.6. The van der Waals surface area contributed by atoms with Crippen molar-refractivity contribution in [3.63, 3.8) is 0 Å². The van der Waals surface area contributed by atoms with Crippen molar-refractivity contribution in [3.8, 4) is 11.5 Å². The Kier molecular flexibility index (Phi) is 13.9. The third-order valence-corrected chi connectivity index (χ3v) is 2.85. The number of carboxylic acids is 1. The molecule has 9 heteroatoms. The Balaban J connectivity index is 0. The number of hydrogen-bond acceptors (Lipinski definition) is 7. The molecule has 0 unspecified atom stereocenters. The summed E-state index contributed by atoms with van der Waals surface area (Å²) in [5.41, 5.74) is 6.10. The number of amides is 1. The van der Waals surface area contributed by atoms with Crippen LogP contribution in [0.3, 0.4) is 0 Å². The smallest absolute Gasteiger partial charge is 0.326 e. The monoisotopic (exact) mass is 384 g/mol. The minimum absolute atomic E-state index is 0.172. The number of carboxylic acid groups (broad SMARTS) is 1. The summed E-state index contributed by atoms with van der Waals surface area (Å²) >= 11 is 0. The minimum atomic E-state index is -1.19. The Morgan fingerprint density at radius 1 is 1.15 bits per heavy atom. The fourth-order valence-electron chi connectivity index (χ4n) is 1.75. The second-order valence-electron chi connectivity index (χ2n) is 5.32. The second kappa shape index (κ2) is 14.3. The van der Waals surface area contributed by atoms with Crippen LogP contribution >= 0.6 is 0 Å². The Hall–Kier alpha value is -2.94. The zero-order valence-electron chi connectivity index (χ0n) is 15.9. The van der Waals surface area contributed by atoms with Crippen LogP contribution < -0.4 is 11.1 Å². The zero-order valence-corrected chi connectivity index (χ0v) is 15.9. The number of phenolic OH excluding ortho intramolecular Hbond substituents is 2. The van der Waals surface area contributed by atoms with E-state index in [4.69, 9.17) is 21.1 Å². The van der Waals surface area contributed by atoms with Crippen LogP contribution in [0.5, 0.6) is 11.5 Å². The van der Waals surface area contributed by atoms with E-state index in [0.717, 1.165) is 5.56 Å². The molecule has 0 saturated heterocycles. The standard InChI is InChI=1S/C9H11NO3.C7H11NO4.C2H6/c10-7(5-11)3-6-1-2-8(12)9(13)4-6;1-4(9)3-6(7(11)12)8-5(2)10;1-2/h1-2,4-5,7,12-13H,3,10H2;6H,3H2,1-2H3,(H,8,10)(H,11,12);1-2H3/t7-;6-;/m00./s1. The Morgan fingerprint density at radius 3 is 2.07 bits per heavy atom. The van der Waals surface area contributed by atoms with E-state index in [1.165, 1.54) is 26.0 Å². The topological polar surface area (TPSA) is 167 Å². The molecule has 0 aromatic heterocycles. The van der Waals surface area contributed by atoms with Crippen molar-refractivity contribution < 1.29 is 34.5 Å². The average molecular weight is 384 g/mol. The van der Waals surface area contributed by atoms with E-state index in [0.29, 0.717) is 12.7 Å². The number of nitrogens with two attached hydrogens (primary N) is 1. The van der Waals surface area contributed by atoms with Gasteiger partial charge in [0, 0.05) is 13.3 Å². The maximum atomic E-state index is 10.5. The predicted molar refractivity (Wildman–Crippen MR) is 99.4 cm³/mol. The molecule has 0 spiro atoms. The van der Waals surface area contributed by atoms with Gasteiger partial charge in [-0.3, -0.25) is 9.59 Å². The number of carbonyl (C=O) groups excluding carboxylic acids is 3. The number of hydrogen-bond donors (Lipinski definition) is 5. The molecule has 0 radical (unpaired) electrons. The lowest BCUT2D eigenvalue weighted by Crippen LogP contribution is -2.40. The van der Waals surface area contributed by atoms with E-state index in [-0.39, 0.29) is 23.7 Å². The van der Waals surface area contributed by atoms with E-state index in [1.54, 1.807) is 6.07 Å². The highest BCUT2D eigenvalue weighted by Crippen LogP contribution is 2.25. The Labute approximate surface area is 158 Å². The van der Waals surface area contributed by atoms with Gasteiger partial charge in [-0.25, -0.2) is 4.79 Å². The number of Topliss-reactive ketones (excluding diaryl/α,β-unsaturated/α-hetero) is 1. The largest absolute Gasteiger partial charge is 0.504 e. The maximum absolute atomic E-state index is 10.5. The van der Waals surface area contributed by atoms with Gasteiger partial charge in [0.05, 0.1) is 6.04 Å². The molecule has 9 nitrogen and oxygen atoms in total. The van der Waals surface area contributed by atoms with E-state index >= 15 is 0 Å². The lowest BCUT2D eigenvalue weighted by molar-refractivity contribution is -0.143. The number of benzene rings is 1. The number of phenols is 2. The molecule has 1 rings (SSSR count). The van der Waals surface area contributed by atoms with Gasteiger partial charge in [0.15, 0.2) is 11.5 Å². The third kappa shape index (κ3) is 13.0. The fraction of sp³-hybridized carbons (Fsp3) is 0.444. The van der Waals surface area contributed by atoms with Crippen molar-refractivity contribution in [2.45, 2.75) is 52.6 Å². The van der Waals surface area contributed by atoms with E-state index in [1.807, 2.05) is 13.8 Å². The minimum Gasteiger partial charge on any atom is -0.504 e. The molecule has 0 fully saturated rings. The first kappa shape index (κ1) is 26.3. The molecule has 27 heavy (non-hydrogen) atoms. The van der Waals surface area contributed by atoms with Crippen LogP contribution in [0.1, 0.15) is 39.7 Å². The molecule has 0 aliphatic carbocycles. The Morgan fingerprint density at radius 2 is 1.70 bits per heavy atom. The van der Waals surface area contributed by atoms with Gasteiger partial charge in [0.1, 0.15) is 18.1 Å². The molecule has 0 aliphatic rings. The van der Waals surface area contributed by atoms with E-state index < -0.39 is 24.0 Å². The van der Waals surface area contributed by atoms with Gasteiger partial charge in [0.2, 0.25) is 5.91 Å². The van der Waals surface area contributed by atoms with Crippen LogP contribution in [0, 0.1) is 0 Å². The number of aldehydes is 1. The van der Waals surface area contributed by atoms with Crippen LogP contribution in [0.4, 0.5) is 0 Å². The molecule has 6 N–H and O–H groups in total. The van der Waals surface area contributed by atoms with Crippen molar-refractivity contribution >= 4 is 23.9 Å². The quantitative estimate of drug-likeness (QED) is 0.339. The third-order valence-electron chi connectivity index (χ3n) is 2.85. The molecular formula is C18H28N2O7. The second-order valence-corrected chi connectivity index (χ2v) is 5.32. The van der Waals surface area contributed by atoms with Crippen molar-refractivity contribution in [1.29, 1.82) is 0 Å². The summed E-state index contributed by atoms with van der Waals surface area (Å²) in [6.07, 6.45) is 0.830. The summed E-state index contributed by atoms with van der Waals surface area (Å²) in [7, 11) is 0. The maximum Gasteiger partial charge on any atom is 0.326 e. The van der Waals surface area contributed by atoms with Crippen molar-refractivity contribution in [2.75, 3.05) is 0 Å². The van der Waals surface area contributed by atoms with E-state index in [2.05, 4.69) is 5.32 Å². The molecule has 2 atom stereocenters. The highest BCUT2D eigenvalue weighted by molar-refractivity contribution is 5.87. The fourth-order valence-corrected chi connectivity index (χ4v) is 1.75. The van der Waals surface area contributed by atoms with E-state index in [9.17, 15) is 19.2 Å². The van der Waals surface area contributed by atoms with Crippen LogP contribution in [0.25, 0.3) is 0 Å². The Bertz CT molecular complexity index is 616. The molecular weight excluding hydrogens is 356 g/mol. The molecule has 152 valence electrons. The van der Waals surface area contributed by atoms with Crippen molar-refractivity contribution in [1.82, 2.24) is 5.32 Å². The van der Waals surface area contributed by atoms with Crippen LogP contribution in [0.2, 0.25) is 0 Å². The number of carbonyl (C=O) groups is 4. The molecule has 1 amide bonds. The van der Waals surface area contributed by atoms with Gasteiger partial charge in [-0.2, -0.15) is 0 Å². The highest BCUT2D eigenvalue weighted by Gasteiger charge is 2.19. The molecule has 1 aromatic rings. The first-order valence-electron chi connectivity index (χ1n) is 8.27. The first-order chi connectivity index (χ1) is 12.6. The summed E-state index contributed by atoms with van der Waals surface area (Å²) in [5, 5.41) is 28.7. The van der Waals surface area contributed by atoms with Crippen LogP contribution in [-0.2, 0) is 25.6 Å². The summed E-state index contributed by atoms with van der Waals surface area (Å²) in [5.74, 6) is -2.29. The van der Waals surface area contributed by atoms with Crippen molar-refractivity contribution in [2.24, 2.45) is 5.73 Å². The summed E-state index contributed by atoms with van der Waals surface area (Å²) < 4.78 is 0. The molecule has 1 aromatic carbocycles.